The summed E-state index contributed by atoms with van der Waals surface area (Å²) in [4.78, 5) is 41.6. The normalized spacial score (nSPS) is 20.2. The number of pyridine rings is 1. The summed E-state index contributed by atoms with van der Waals surface area (Å²) in [7, 11) is 0. The van der Waals surface area contributed by atoms with E-state index in [0.717, 1.165) is 60.5 Å². The second kappa shape index (κ2) is 22.0. The molecule has 1 aliphatic carbocycles. The van der Waals surface area contributed by atoms with E-state index < -0.39 is 18.1 Å². The number of phenols is 1. The number of aryl methyl sites for hydroxylation is 1. The number of nitrogens with one attached hydrogen (secondary N) is 1. The number of piperidine rings is 1. The predicted octanol–water partition coefficient (Wildman–Crippen LogP) is 6.69. The van der Waals surface area contributed by atoms with E-state index in [4.69, 9.17) is 24.5 Å². The second-order valence-corrected chi connectivity index (χ2v) is 19.7. The molecule has 2 saturated heterocycles. The lowest BCUT2D eigenvalue weighted by Gasteiger charge is -2.39. The first-order valence-electron chi connectivity index (χ1n) is 24.2. The lowest BCUT2D eigenvalue weighted by atomic mass is 9.91. The molecule has 370 valence electrons. The Hall–Kier alpha value is -6.91. The third-order valence-electron chi connectivity index (χ3n) is 13.4. The molecule has 2 amide bonds. The third-order valence-corrected chi connectivity index (χ3v) is 14.4. The van der Waals surface area contributed by atoms with Crippen molar-refractivity contribution in [3.63, 3.8) is 0 Å². The van der Waals surface area contributed by atoms with Gasteiger partial charge in [0.1, 0.15) is 30.4 Å². The number of rotatable bonds is 16. The van der Waals surface area contributed by atoms with E-state index in [0.29, 0.717) is 53.1 Å². The zero-order chi connectivity index (χ0) is 49.6. The number of phenolic OH excluding ortho intramolecular Hbond substituents is 1. The molecule has 6 aromatic rings. The van der Waals surface area contributed by atoms with Crippen LogP contribution in [0, 0.1) is 24.7 Å². The molecule has 2 aromatic carbocycles. The number of benzene rings is 2. The summed E-state index contributed by atoms with van der Waals surface area (Å²) in [5.74, 6) is 6.09. The molecule has 4 atom stereocenters. The number of anilines is 1. The number of para-hydroxylation sites is 1. The Balaban J connectivity index is 0.693. The number of aliphatic hydroxyl groups excluding tert-OH is 1. The number of β-amino-alcohol motifs (C(OH)–C–C–N with tert-alkyl or cyclic N) is 1. The minimum atomic E-state index is -0.833. The number of nitrogens with zero attached hydrogens (tertiary/aromatic N) is 7. The van der Waals surface area contributed by atoms with Crippen LogP contribution in [0.1, 0.15) is 93.0 Å². The highest BCUT2D eigenvalue weighted by Gasteiger charge is 2.44. The van der Waals surface area contributed by atoms with Gasteiger partial charge in [0.2, 0.25) is 17.7 Å². The van der Waals surface area contributed by atoms with Crippen LogP contribution in [0.3, 0.4) is 0 Å². The summed E-state index contributed by atoms with van der Waals surface area (Å²) in [5.41, 5.74) is 13.1. The van der Waals surface area contributed by atoms with Gasteiger partial charge in [0.25, 0.3) is 5.88 Å². The summed E-state index contributed by atoms with van der Waals surface area (Å²) >= 11 is 1.59. The van der Waals surface area contributed by atoms with Gasteiger partial charge in [-0.3, -0.25) is 14.5 Å². The predicted molar refractivity (Wildman–Crippen MR) is 266 cm³/mol. The fourth-order valence-electron chi connectivity index (χ4n) is 9.33. The Labute approximate surface area is 416 Å². The van der Waals surface area contributed by atoms with Crippen LogP contribution >= 0.6 is 11.3 Å². The number of carbonyl (C=O) groups excluding carboxylic acids is 2. The number of likely N-dealkylation sites (tertiary alicyclic amines) is 2. The van der Waals surface area contributed by atoms with Crippen molar-refractivity contribution in [2.24, 2.45) is 5.92 Å². The minimum absolute atomic E-state index is 0.000349. The summed E-state index contributed by atoms with van der Waals surface area (Å²) in [5, 5.41) is 36.3. The fraction of sp³-hybridized carbons (Fsp3) is 0.415. The Morgan fingerprint density at radius 3 is 2.48 bits per heavy atom. The molecule has 17 nitrogen and oxygen atoms in total. The Kier molecular flexibility index (Phi) is 15.2. The molecule has 5 N–H and O–H groups in total. The van der Waals surface area contributed by atoms with E-state index in [1.165, 1.54) is 4.90 Å². The molecule has 3 fully saturated rings. The van der Waals surface area contributed by atoms with Gasteiger partial charge >= 0.3 is 0 Å². The van der Waals surface area contributed by atoms with Crippen LogP contribution in [-0.2, 0) is 14.3 Å². The summed E-state index contributed by atoms with van der Waals surface area (Å²) in [6.45, 7) is 10.6. The number of nitrogen functional groups attached to an aromatic ring is 1. The van der Waals surface area contributed by atoms with E-state index >= 15 is 0 Å². The van der Waals surface area contributed by atoms with Gasteiger partial charge in [0.05, 0.1) is 51.7 Å². The van der Waals surface area contributed by atoms with Gasteiger partial charge in [0.15, 0.2) is 11.6 Å². The number of aliphatic hydroxyl groups is 1. The molecule has 0 bridgehead atoms. The van der Waals surface area contributed by atoms with Crippen LogP contribution in [0.25, 0.3) is 21.7 Å². The smallest absolute Gasteiger partial charge is 0.254 e. The van der Waals surface area contributed by atoms with E-state index in [1.54, 1.807) is 60.0 Å². The Morgan fingerprint density at radius 2 is 1.73 bits per heavy atom. The van der Waals surface area contributed by atoms with Gasteiger partial charge in [-0.25, -0.2) is 9.97 Å². The molecule has 4 aromatic heterocycles. The summed E-state index contributed by atoms with van der Waals surface area (Å²) < 4.78 is 24.4. The summed E-state index contributed by atoms with van der Waals surface area (Å²) in [6.07, 6.45) is 4.65. The topological polar surface area (TPSA) is 224 Å². The van der Waals surface area contributed by atoms with Crippen LogP contribution in [0.5, 0.6) is 17.5 Å². The minimum Gasteiger partial charge on any atom is -0.507 e. The maximum atomic E-state index is 14.2. The van der Waals surface area contributed by atoms with Crippen molar-refractivity contribution in [2.45, 2.75) is 102 Å². The van der Waals surface area contributed by atoms with Crippen molar-refractivity contribution in [1.29, 1.82) is 0 Å². The van der Waals surface area contributed by atoms with E-state index in [1.807, 2.05) is 63.5 Å². The number of carbonyl (C=O) groups is 2. The number of hydrogen-bond acceptors (Lipinski definition) is 16. The quantitative estimate of drug-likeness (QED) is 0.0741. The number of hydrogen-bond donors (Lipinski definition) is 4. The number of thiazole rings is 1. The monoisotopic (exact) mass is 981 g/mol. The van der Waals surface area contributed by atoms with E-state index in [-0.39, 0.29) is 66.6 Å². The zero-order valence-electron chi connectivity index (χ0n) is 40.2. The highest BCUT2D eigenvalue weighted by molar-refractivity contribution is 7.13. The SMILES string of the molecule is Cc1ncsc1-c1ccc([C@H](C)NC(=O)[C@@H]2C[C@@H](O)CN2C(=O)[C@@H](c2cc(OCCN3CCC(O[C@H]4C[C@H](Oc5cc(C#Cc6cc(-c7ccccc7O)nnc6N)ccn5)C4)CC3)no2)C(C)C)cc1. The third kappa shape index (κ3) is 11.8. The molecule has 18 heteroatoms. The van der Waals surface area contributed by atoms with Crippen molar-refractivity contribution in [2.75, 3.05) is 38.5 Å². The van der Waals surface area contributed by atoms with Crippen molar-refractivity contribution >= 4 is 29.0 Å². The van der Waals surface area contributed by atoms with Crippen LogP contribution in [0.4, 0.5) is 5.82 Å². The number of aromatic hydroxyl groups is 1. The summed E-state index contributed by atoms with van der Waals surface area (Å²) in [6, 6.07) is 20.7. The van der Waals surface area contributed by atoms with Crippen molar-refractivity contribution < 1.29 is 38.5 Å². The second-order valence-electron chi connectivity index (χ2n) is 18.8. The maximum Gasteiger partial charge on any atom is 0.254 e. The van der Waals surface area contributed by atoms with Crippen LogP contribution < -0.4 is 20.5 Å². The molecule has 0 radical (unpaired) electrons. The molecule has 9 rings (SSSR count). The van der Waals surface area contributed by atoms with Crippen molar-refractivity contribution in [1.82, 2.24) is 40.4 Å². The number of nitrogens with two attached hydrogens (primary N) is 1. The van der Waals surface area contributed by atoms with Gasteiger partial charge in [0, 0.05) is 74.9 Å². The van der Waals surface area contributed by atoms with E-state index in [9.17, 15) is 19.8 Å². The van der Waals surface area contributed by atoms with Gasteiger partial charge < -0.3 is 44.9 Å². The first-order chi connectivity index (χ1) is 34.3. The molecule has 0 unspecified atom stereocenters. The van der Waals surface area contributed by atoms with Gasteiger partial charge in [-0.05, 0) is 73.2 Å². The molecule has 71 heavy (non-hydrogen) atoms. The van der Waals surface area contributed by atoms with Gasteiger partial charge in [-0.1, -0.05) is 62.1 Å². The van der Waals surface area contributed by atoms with Gasteiger partial charge in [-0.2, -0.15) is 0 Å². The average Bonchev–Trinajstić information content (AvgIpc) is 4.11. The number of aromatic nitrogens is 5. The molecule has 2 aliphatic heterocycles. The zero-order valence-corrected chi connectivity index (χ0v) is 41.0. The molecule has 3 aliphatic rings. The number of amides is 2. The molecule has 1 saturated carbocycles. The first-order valence-corrected chi connectivity index (χ1v) is 25.1. The van der Waals surface area contributed by atoms with Crippen LogP contribution in [0.15, 0.2) is 89.0 Å². The largest absolute Gasteiger partial charge is 0.507 e. The fourth-order valence-corrected chi connectivity index (χ4v) is 10.1. The average molecular weight is 982 g/mol. The first kappa shape index (κ1) is 49.1. The van der Waals surface area contributed by atoms with Crippen LogP contribution in [-0.4, -0.2) is 120 Å². The molecule has 6 heterocycles. The molecule has 0 spiro atoms. The molecular formula is C53H59N9O8S. The van der Waals surface area contributed by atoms with Gasteiger partial charge in [-0.15, -0.1) is 21.5 Å². The number of ether oxygens (including phenoxy) is 3. The van der Waals surface area contributed by atoms with Crippen molar-refractivity contribution in [3.8, 4) is 51.0 Å². The highest BCUT2D eigenvalue weighted by atomic mass is 32.1. The van der Waals surface area contributed by atoms with Crippen LogP contribution in [0.2, 0.25) is 0 Å². The lowest BCUT2D eigenvalue weighted by Crippen LogP contribution is -2.48. The van der Waals surface area contributed by atoms with Crippen molar-refractivity contribution in [3.05, 3.63) is 113 Å². The standard InChI is InChI=1S/C53H59N9O8S/c1-31(2)49(53(66)62-29-38(63)25-44(62)52(65)57-32(3)35-11-13-36(14-12-35)50-33(4)56-30-71-50)46-28-48(60-70-46)67-22-21-61-19-16-39(17-20-61)68-40-26-41(27-40)69-47-23-34(15-18-55-47)9-10-37-24-43(58-59-51(37)54)42-7-5-6-8-45(42)64/h5-8,11-15,18,23-24,28,30-32,38-41,44,49,63-64H,16-17,19-22,25-27,29H2,1-4H3,(H2,54,59)(H,57,65)/t32-,38+,40-,41-,44-,49+/m0/s1. The Bertz CT molecular complexity index is 2870. The highest BCUT2D eigenvalue weighted by Crippen LogP contribution is 2.35. The Morgan fingerprint density at radius 1 is 0.944 bits per heavy atom. The molecular weight excluding hydrogens is 923 g/mol. The van der Waals surface area contributed by atoms with E-state index in [2.05, 4.69) is 47.4 Å². The lowest BCUT2D eigenvalue weighted by molar-refractivity contribution is -0.141. The maximum absolute atomic E-state index is 14.2.